The molecule has 0 aliphatic rings. The third kappa shape index (κ3) is 3.89. The molecular formula is C16H14ClFO4. The molecule has 0 aliphatic carbocycles. The third-order valence-electron chi connectivity index (χ3n) is 2.90. The molecule has 6 heteroatoms. The Balaban J connectivity index is 2.19. The van der Waals surface area contributed by atoms with Gasteiger partial charge in [0.25, 0.3) is 0 Å². The number of aryl methyl sites for hydroxylation is 1. The number of benzene rings is 2. The van der Waals surface area contributed by atoms with Crippen LogP contribution < -0.4 is 9.47 Å². The maximum atomic E-state index is 13.8. The fourth-order valence-electron chi connectivity index (χ4n) is 1.78. The first-order chi connectivity index (χ1) is 10.5. The first kappa shape index (κ1) is 16.1. The first-order valence-corrected chi connectivity index (χ1v) is 6.81. The lowest BCUT2D eigenvalue weighted by Crippen LogP contribution is -2.10. The minimum absolute atomic E-state index is 0.0496. The molecule has 0 atom stereocenters. The highest BCUT2D eigenvalue weighted by atomic mass is 35.5. The maximum absolute atomic E-state index is 13.8. The predicted molar refractivity (Wildman–Crippen MR) is 80.0 cm³/mol. The van der Waals surface area contributed by atoms with E-state index in [9.17, 15) is 9.18 Å². The summed E-state index contributed by atoms with van der Waals surface area (Å²) in [5, 5.41) is 0.342. The standard InChI is InChI=1S/C16H14ClFO4/c1-10-6-7-15(13(18)8-10)21-9-11-12(17)4-3-5-14(11)22-16(19)20-2/h3-8H,9H2,1-2H3. The van der Waals surface area contributed by atoms with Crippen molar-refractivity contribution in [1.29, 1.82) is 0 Å². The highest BCUT2D eigenvalue weighted by molar-refractivity contribution is 6.31. The quantitative estimate of drug-likeness (QED) is 0.613. The Labute approximate surface area is 132 Å². The Kier molecular flexibility index (Phi) is 5.22. The summed E-state index contributed by atoms with van der Waals surface area (Å²) in [6.45, 7) is 1.73. The molecule has 0 fully saturated rings. The Morgan fingerprint density at radius 2 is 2.00 bits per heavy atom. The van der Waals surface area contributed by atoms with Crippen molar-refractivity contribution in [3.05, 3.63) is 58.4 Å². The molecule has 0 N–H and O–H groups in total. The van der Waals surface area contributed by atoms with E-state index in [1.54, 1.807) is 31.2 Å². The van der Waals surface area contributed by atoms with E-state index < -0.39 is 12.0 Å². The number of carbonyl (C=O) groups excluding carboxylic acids is 1. The lowest BCUT2D eigenvalue weighted by Gasteiger charge is -2.13. The normalized spacial score (nSPS) is 10.2. The molecule has 0 heterocycles. The molecular weight excluding hydrogens is 311 g/mol. The molecule has 0 saturated heterocycles. The summed E-state index contributed by atoms with van der Waals surface area (Å²) in [5.74, 6) is -0.177. The zero-order valence-corrected chi connectivity index (χ0v) is 12.8. The van der Waals surface area contributed by atoms with Crippen LogP contribution in [0, 0.1) is 12.7 Å². The van der Waals surface area contributed by atoms with Crippen LogP contribution in [-0.4, -0.2) is 13.3 Å². The summed E-state index contributed by atoms with van der Waals surface area (Å²) < 4.78 is 28.6. The van der Waals surface area contributed by atoms with Gasteiger partial charge in [-0.05, 0) is 36.8 Å². The summed E-state index contributed by atoms with van der Waals surface area (Å²) >= 11 is 6.08. The molecule has 0 amide bonds. The topological polar surface area (TPSA) is 44.8 Å². The van der Waals surface area contributed by atoms with Gasteiger partial charge in [0, 0.05) is 0 Å². The fraction of sp³-hybridized carbons (Fsp3) is 0.188. The minimum Gasteiger partial charge on any atom is -0.486 e. The van der Waals surface area contributed by atoms with Crippen LogP contribution in [0.3, 0.4) is 0 Å². The van der Waals surface area contributed by atoms with Gasteiger partial charge in [-0.1, -0.05) is 23.7 Å². The molecule has 0 saturated carbocycles. The number of hydrogen-bond acceptors (Lipinski definition) is 4. The highest BCUT2D eigenvalue weighted by Crippen LogP contribution is 2.29. The van der Waals surface area contributed by atoms with Gasteiger partial charge in [-0.2, -0.15) is 0 Å². The largest absolute Gasteiger partial charge is 0.513 e. The molecule has 0 aromatic heterocycles. The van der Waals surface area contributed by atoms with Crippen molar-refractivity contribution in [2.75, 3.05) is 7.11 Å². The van der Waals surface area contributed by atoms with Crippen molar-refractivity contribution in [2.24, 2.45) is 0 Å². The maximum Gasteiger partial charge on any atom is 0.513 e. The van der Waals surface area contributed by atoms with Gasteiger partial charge >= 0.3 is 6.16 Å². The van der Waals surface area contributed by atoms with Crippen molar-refractivity contribution in [3.63, 3.8) is 0 Å². The van der Waals surface area contributed by atoms with E-state index in [1.807, 2.05) is 0 Å². The molecule has 116 valence electrons. The first-order valence-electron chi connectivity index (χ1n) is 6.43. The Morgan fingerprint density at radius 1 is 1.23 bits per heavy atom. The van der Waals surface area contributed by atoms with Crippen LogP contribution in [-0.2, 0) is 11.3 Å². The second-order valence-corrected chi connectivity index (χ2v) is 4.90. The SMILES string of the molecule is COC(=O)Oc1cccc(Cl)c1COc1ccc(C)cc1F. The summed E-state index contributed by atoms with van der Waals surface area (Å²) in [6, 6.07) is 9.42. The van der Waals surface area contributed by atoms with E-state index in [1.165, 1.54) is 19.2 Å². The average Bonchev–Trinajstić information content (AvgIpc) is 2.48. The predicted octanol–water partition coefficient (Wildman–Crippen LogP) is 4.51. The van der Waals surface area contributed by atoms with Crippen LogP contribution in [0.2, 0.25) is 5.02 Å². The Morgan fingerprint density at radius 3 is 2.68 bits per heavy atom. The number of halogens is 2. The molecule has 4 nitrogen and oxygen atoms in total. The summed E-state index contributed by atoms with van der Waals surface area (Å²) in [4.78, 5) is 11.2. The Bertz CT molecular complexity index is 688. The number of ether oxygens (including phenoxy) is 3. The number of rotatable bonds is 4. The van der Waals surface area contributed by atoms with Gasteiger partial charge in [0.2, 0.25) is 0 Å². The zero-order chi connectivity index (χ0) is 16.1. The zero-order valence-electron chi connectivity index (χ0n) is 12.1. The second-order valence-electron chi connectivity index (χ2n) is 4.50. The molecule has 0 radical (unpaired) electrons. The van der Waals surface area contributed by atoms with Gasteiger partial charge in [-0.3, -0.25) is 0 Å². The van der Waals surface area contributed by atoms with Gasteiger partial charge in [-0.15, -0.1) is 0 Å². The van der Waals surface area contributed by atoms with Gasteiger partial charge in [0.1, 0.15) is 12.4 Å². The summed E-state index contributed by atoms with van der Waals surface area (Å²) in [7, 11) is 1.20. The van der Waals surface area contributed by atoms with Crippen molar-refractivity contribution in [1.82, 2.24) is 0 Å². The lowest BCUT2D eigenvalue weighted by molar-refractivity contribution is 0.120. The van der Waals surface area contributed by atoms with Gasteiger partial charge < -0.3 is 14.2 Å². The van der Waals surface area contributed by atoms with E-state index in [2.05, 4.69) is 4.74 Å². The van der Waals surface area contributed by atoms with Gasteiger partial charge in [-0.25, -0.2) is 9.18 Å². The van der Waals surface area contributed by atoms with Crippen LogP contribution in [0.4, 0.5) is 9.18 Å². The van der Waals surface area contributed by atoms with E-state index in [0.717, 1.165) is 5.56 Å². The van der Waals surface area contributed by atoms with Crippen molar-refractivity contribution >= 4 is 17.8 Å². The fourth-order valence-corrected chi connectivity index (χ4v) is 2.00. The van der Waals surface area contributed by atoms with Crippen LogP contribution in [0.15, 0.2) is 36.4 Å². The van der Waals surface area contributed by atoms with Crippen LogP contribution >= 0.6 is 11.6 Å². The lowest BCUT2D eigenvalue weighted by atomic mass is 10.2. The summed E-state index contributed by atoms with van der Waals surface area (Å²) in [5.41, 5.74) is 1.21. The van der Waals surface area contributed by atoms with Crippen molar-refractivity contribution < 1.29 is 23.4 Å². The molecule has 2 aromatic carbocycles. The highest BCUT2D eigenvalue weighted by Gasteiger charge is 2.14. The third-order valence-corrected chi connectivity index (χ3v) is 3.25. The molecule has 22 heavy (non-hydrogen) atoms. The van der Waals surface area contributed by atoms with Crippen LogP contribution in [0.5, 0.6) is 11.5 Å². The number of carbonyl (C=O) groups is 1. The Hall–Kier alpha value is -2.27. The molecule has 0 unspecified atom stereocenters. The van der Waals surface area contributed by atoms with E-state index in [-0.39, 0.29) is 18.1 Å². The molecule has 0 spiro atoms. The smallest absolute Gasteiger partial charge is 0.486 e. The van der Waals surface area contributed by atoms with Crippen molar-refractivity contribution in [3.8, 4) is 11.5 Å². The monoisotopic (exact) mass is 324 g/mol. The molecule has 2 aromatic rings. The van der Waals surface area contributed by atoms with E-state index >= 15 is 0 Å². The van der Waals surface area contributed by atoms with Gasteiger partial charge in [0.15, 0.2) is 11.6 Å². The minimum atomic E-state index is -0.870. The van der Waals surface area contributed by atoms with E-state index in [4.69, 9.17) is 21.1 Å². The molecule has 0 bridgehead atoms. The molecule has 0 aliphatic heterocycles. The number of hydrogen-bond donors (Lipinski definition) is 0. The summed E-state index contributed by atoms with van der Waals surface area (Å²) in [6.07, 6.45) is -0.870. The van der Waals surface area contributed by atoms with Crippen molar-refractivity contribution in [2.45, 2.75) is 13.5 Å². The molecule has 2 rings (SSSR count). The van der Waals surface area contributed by atoms with Crippen LogP contribution in [0.25, 0.3) is 0 Å². The average molecular weight is 325 g/mol. The van der Waals surface area contributed by atoms with E-state index in [0.29, 0.717) is 10.6 Å². The second kappa shape index (κ2) is 7.13. The van der Waals surface area contributed by atoms with Gasteiger partial charge in [0.05, 0.1) is 17.7 Å². The van der Waals surface area contributed by atoms with Crippen LogP contribution in [0.1, 0.15) is 11.1 Å². The number of methoxy groups -OCH3 is 1.